The van der Waals surface area contributed by atoms with Gasteiger partial charge in [0.25, 0.3) is 10.2 Å². The van der Waals surface area contributed by atoms with Crippen molar-refractivity contribution >= 4 is 16.2 Å². The molecule has 0 aliphatic heterocycles. The first-order chi connectivity index (χ1) is 8.10. The van der Waals surface area contributed by atoms with E-state index in [-0.39, 0.29) is 6.54 Å². The van der Waals surface area contributed by atoms with Crippen LogP contribution in [0.25, 0.3) is 0 Å². The van der Waals surface area contributed by atoms with Crippen molar-refractivity contribution in [3.8, 4) is 0 Å². The maximum atomic E-state index is 11.7. The number of hydrogen-bond acceptors (Lipinski definition) is 4. The standard InChI is InChI=1S/C10H22N2O5S/c1-4-5-6-12(3)18(16,17)11-8-10(2,15)7-9(13)14/h11,15H,4-8H2,1-3H3,(H,13,14). The fourth-order valence-corrected chi connectivity index (χ4v) is 2.33. The van der Waals surface area contributed by atoms with Gasteiger partial charge >= 0.3 is 5.97 Å². The number of aliphatic carboxylic acids is 1. The molecule has 0 heterocycles. The van der Waals surface area contributed by atoms with Crippen LogP contribution in [0, 0.1) is 0 Å². The molecule has 1 unspecified atom stereocenters. The lowest BCUT2D eigenvalue weighted by molar-refractivity contribution is -0.141. The Morgan fingerprint density at radius 3 is 2.44 bits per heavy atom. The van der Waals surface area contributed by atoms with Gasteiger partial charge in [0.2, 0.25) is 0 Å². The van der Waals surface area contributed by atoms with Gasteiger partial charge in [-0.25, -0.2) is 0 Å². The Morgan fingerprint density at radius 1 is 1.44 bits per heavy atom. The van der Waals surface area contributed by atoms with Crippen LogP contribution in [0.1, 0.15) is 33.1 Å². The van der Waals surface area contributed by atoms with Crippen LogP contribution < -0.4 is 4.72 Å². The van der Waals surface area contributed by atoms with Gasteiger partial charge in [0.05, 0.1) is 12.0 Å². The Kier molecular flexibility index (Phi) is 6.76. The molecule has 1 atom stereocenters. The highest BCUT2D eigenvalue weighted by Crippen LogP contribution is 2.08. The number of aliphatic hydroxyl groups is 1. The van der Waals surface area contributed by atoms with Crippen molar-refractivity contribution in [3.05, 3.63) is 0 Å². The van der Waals surface area contributed by atoms with Crippen molar-refractivity contribution in [1.29, 1.82) is 0 Å². The Balaban J connectivity index is 4.38. The lowest BCUT2D eigenvalue weighted by atomic mass is 10.0. The first kappa shape index (κ1) is 17.3. The fourth-order valence-electron chi connectivity index (χ4n) is 1.25. The van der Waals surface area contributed by atoms with Crippen molar-refractivity contribution in [1.82, 2.24) is 9.03 Å². The summed E-state index contributed by atoms with van der Waals surface area (Å²) >= 11 is 0. The Bertz CT molecular complexity index is 366. The van der Waals surface area contributed by atoms with Crippen LogP contribution in [-0.4, -0.2) is 54.6 Å². The average molecular weight is 282 g/mol. The molecule has 0 saturated carbocycles. The molecule has 0 fully saturated rings. The van der Waals surface area contributed by atoms with E-state index in [1.54, 1.807) is 0 Å². The van der Waals surface area contributed by atoms with E-state index in [1.165, 1.54) is 14.0 Å². The van der Waals surface area contributed by atoms with Gasteiger partial charge in [-0.1, -0.05) is 13.3 Å². The minimum atomic E-state index is -3.67. The Hall–Kier alpha value is -0.700. The number of carbonyl (C=O) groups is 1. The molecule has 0 rings (SSSR count). The second-order valence-electron chi connectivity index (χ2n) is 4.57. The molecule has 0 aromatic rings. The zero-order chi connectivity index (χ0) is 14.4. The van der Waals surface area contributed by atoms with Gasteiger partial charge in [0.15, 0.2) is 0 Å². The normalized spacial score (nSPS) is 15.6. The quantitative estimate of drug-likeness (QED) is 0.542. The van der Waals surface area contributed by atoms with Crippen LogP contribution in [0.3, 0.4) is 0 Å². The number of rotatable bonds is 9. The topological polar surface area (TPSA) is 107 Å². The Morgan fingerprint density at radius 2 is 2.00 bits per heavy atom. The summed E-state index contributed by atoms with van der Waals surface area (Å²) < 4.78 is 26.8. The third-order valence-electron chi connectivity index (χ3n) is 2.40. The molecule has 0 aromatic carbocycles. The molecule has 0 saturated heterocycles. The summed E-state index contributed by atoms with van der Waals surface area (Å²) in [6.07, 6.45) is 1.09. The Labute approximate surface area is 108 Å². The number of carboxylic acid groups (broad SMARTS) is 1. The van der Waals surface area contributed by atoms with Crippen LogP contribution >= 0.6 is 0 Å². The largest absolute Gasteiger partial charge is 0.481 e. The molecule has 0 aliphatic carbocycles. The maximum absolute atomic E-state index is 11.7. The summed E-state index contributed by atoms with van der Waals surface area (Å²) in [5.74, 6) is -1.18. The van der Waals surface area contributed by atoms with E-state index in [2.05, 4.69) is 4.72 Å². The first-order valence-corrected chi connectivity index (χ1v) is 7.20. The predicted octanol–water partition coefficient (Wildman–Crippen LogP) is -0.222. The lowest BCUT2D eigenvalue weighted by Gasteiger charge is -2.24. The van der Waals surface area contributed by atoms with Crippen LogP contribution in [0.2, 0.25) is 0 Å². The number of hydrogen-bond donors (Lipinski definition) is 3. The third-order valence-corrected chi connectivity index (χ3v) is 3.92. The van der Waals surface area contributed by atoms with E-state index in [9.17, 15) is 18.3 Å². The van der Waals surface area contributed by atoms with Crippen molar-refractivity contribution in [3.63, 3.8) is 0 Å². The SMILES string of the molecule is CCCCN(C)S(=O)(=O)NCC(C)(O)CC(=O)O. The zero-order valence-corrected chi connectivity index (χ0v) is 11.8. The van der Waals surface area contributed by atoms with E-state index >= 15 is 0 Å². The summed E-state index contributed by atoms with van der Waals surface area (Å²) in [6, 6.07) is 0. The predicted molar refractivity (Wildman–Crippen MR) is 67.3 cm³/mol. The first-order valence-electron chi connectivity index (χ1n) is 5.76. The monoisotopic (exact) mass is 282 g/mol. The van der Waals surface area contributed by atoms with Crippen LogP contribution in [0.5, 0.6) is 0 Å². The molecule has 0 aromatic heterocycles. The fraction of sp³-hybridized carbons (Fsp3) is 0.900. The smallest absolute Gasteiger partial charge is 0.306 e. The van der Waals surface area contributed by atoms with Crippen molar-refractivity contribution in [2.24, 2.45) is 0 Å². The van der Waals surface area contributed by atoms with Crippen molar-refractivity contribution < 1.29 is 23.4 Å². The second kappa shape index (κ2) is 7.03. The summed E-state index contributed by atoms with van der Waals surface area (Å²) in [5, 5.41) is 18.2. The highest BCUT2D eigenvalue weighted by Gasteiger charge is 2.27. The van der Waals surface area contributed by atoms with Crippen LogP contribution in [-0.2, 0) is 15.0 Å². The number of nitrogens with zero attached hydrogens (tertiary/aromatic N) is 1. The summed E-state index contributed by atoms with van der Waals surface area (Å²) in [7, 11) is -2.24. The molecule has 0 bridgehead atoms. The van der Waals surface area contributed by atoms with E-state index in [1.807, 2.05) is 6.92 Å². The van der Waals surface area contributed by atoms with Crippen LogP contribution in [0.15, 0.2) is 0 Å². The molecule has 0 aliphatic rings. The molecule has 8 heteroatoms. The average Bonchev–Trinajstić information content (AvgIpc) is 2.21. The molecule has 0 spiro atoms. The van der Waals surface area contributed by atoms with Gasteiger partial charge in [0, 0.05) is 20.1 Å². The minimum Gasteiger partial charge on any atom is -0.481 e. The summed E-state index contributed by atoms with van der Waals surface area (Å²) in [5.41, 5.74) is -1.61. The second-order valence-corrected chi connectivity index (χ2v) is 6.43. The molecule has 108 valence electrons. The highest BCUT2D eigenvalue weighted by atomic mass is 32.2. The van der Waals surface area contributed by atoms with Gasteiger partial charge in [-0.15, -0.1) is 0 Å². The number of carboxylic acids is 1. The van der Waals surface area contributed by atoms with Crippen LogP contribution in [0.4, 0.5) is 0 Å². The molecular formula is C10H22N2O5S. The minimum absolute atomic E-state index is 0.335. The summed E-state index contributed by atoms with van der Waals surface area (Å²) in [4.78, 5) is 10.5. The molecule has 0 amide bonds. The zero-order valence-electron chi connectivity index (χ0n) is 11.0. The number of unbranched alkanes of at least 4 members (excludes halogenated alkanes) is 1. The van der Waals surface area contributed by atoms with Crippen molar-refractivity contribution in [2.75, 3.05) is 20.1 Å². The molecular weight excluding hydrogens is 260 g/mol. The summed E-state index contributed by atoms with van der Waals surface area (Å²) in [6.45, 7) is 3.27. The molecule has 7 nitrogen and oxygen atoms in total. The van der Waals surface area contributed by atoms with Gasteiger partial charge in [0.1, 0.15) is 0 Å². The maximum Gasteiger partial charge on any atom is 0.306 e. The van der Waals surface area contributed by atoms with E-state index in [0.29, 0.717) is 6.54 Å². The lowest BCUT2D eigenvalue weighted by Crippen LogP contribution is -2.46. The van der Waals surface area contributed by atoms with Gasteiger partial charge in [-0.3, -0.25) is 4.79 Å². The third kappa shape index (κ3) is 6.90. The molecule has 3 N–H and O–H groups in total. The molecule has 0 radical (unpaired) electrons. The van der Waals surface area contributed by atoms with E-state index < -0.39 is 28.2 Å². The van der Waals surface area contributed by atoms with Gasteiger partial charge in [-0.2, -0.15) is 17.4 Å². The van der Waals surface area contributed by atoms with E-state index in [4.69, 9.17) is 5.11 Å². The number of nitrogens with one attached hydrogen (secondary N) is 1. The van der Waals surface area contributed by atoms with Gasteiger partial charge in [-0.05, 0) is 13.3 Å². The van der Waals surface area contributed by atoms with E-state index in [0.717, 1.165) is 17.1 Å². The van der Waals surface area contributed by atoms with Gasteiger partial charge < -0.3 is 10.2 Å². The van der Waals surface area contributed by atoms with Crippen molar-refractivity contribution in [2.45, 2.75) is 38.7 Å². The highest BCUT2D eigenvalue weighted by molar-refractivity contribution is 7.87. The molecule has 18 heavy (non-hydrogen) atoms.